The SMILES string of the molecule is C[C@@]1(C#N)CCCN=S1(=O)C[C@@](N)(CF)c1nc(Br)ccc1F. The minimum atomic E-state index is -3.15. The molecule has 1 aromatic heterocycles. The monoisotopic (exact) mass is 406 g/mol. The summed E-state index contributed by atoms with van der Waals surface area (Å²) in [5.74, 6) is -1.24. The van der Waals surface area contributed by atoms with Gasteiger partial charge in [0, 0.05) is 6.54 Å². The second-order valence-electron chi connectivity index (χ2n) is 5.84. The standard InChI is InChI=1S/C14H17BrF2N4OS/c1-13(8-18)5-2-6-20-23(13,22)9-14(19,7-16)12-10(17)3-4-11(15)21-12/h3-4H,2,5-7,9,19H2,1H3/t13-,14-,23?/m0/s1. The number of halogens is 3. The molecule has 0 fully saturated rings. The van der Waals surface area contributed by atoms with Gasteiger partial charge in [-0.2, -0.15) is 5.26 Å². The first-order valence-electron chi connectivity index (χ1n) is 6.98. The van der Waals surface area contributed by atoms with E-state index in [0.29, 0.717) is 19.4 Å². The van der Waals surface area contributed by atoms with Gasteiger partial charge in [0.1, 0.15) is 33.1 Å². The normalized spacial score (nSPS) is 30.1. The molecule has 0 saturated heterocycles. The molecule has 1 aliphatic heterocycles. The van der Waals surface area contributed by atoms with Gasteiger partial charge in [-0.15, -0.1) is 0 Å². The third-order valence-corrected chi connectivity index (χ3v) is 7.68. The predicted octanol–water partition coefficient (Wildman–Crippen LogP) is 2.65. The summed E-state index contributed by atoms with van der Waals surface area (Å²) in [6.45, 7) is 0.676. The first kappa shape index (κ1) is 18.2. The first-order valence-corrected chi connectivity index (χ1v) is 9.46. The maximum absolute atomic E-state index is 14.1. The Labute approximate surface area is 142 Å². The van der Waals surface area contributed by atoms with Crippen molar-refractivity contribution < 1.29 is 13.0 Å². The minimum Gasteiger partial charge on any atom is -0.317 e. The summed E-state index contributed by atoms with van der Waals surface area (Å²) in [6.07, 6.45) is 1.00. The van der Waals surface area contributed by atoms with Crippen LogP contribution in [0.4, 0.5) is 8.78 Å². The highest BCUT2D eigenvalue weighted by atomic mass is 79.9. The molecule has 0 amide bonds. The third-order valence-electron chi connectivity index (χ3n) is 4.03. The molecule has 3 atom stereocenters. The lowest BCUT2D eigenvalue weighted by Gasteiger charge is -2.35. The zero-order chi connectivity index (χ0) is 17.3. The molecule has 1 aliphatic rings. The second-order valence-corrected chi connectivity index (χ2v) is 9.38. The van der Waals surface area contributed by atoms with Crippen LogP contribution >= 0.6 is 15.9 Å². The average Bonchev–Trinajstić information content (AvgIpc) is 2.52. The van der Waals surface area contributed by atoms with Crippen LogP contribution in [-0.4, -0.2) is 32.9 Å². The van der Waals surface area contributed by atoms with E-state index in [0.717, 1.165) is 6.07 Å². The molecule has 2 N–H and O–H groups in total. The van der Waals surface area contributed by atoms with Gasteiger partial charge < -0.3 is 5.73 Å². The Hall–Kier alpha value is -1.11. The van der Waals surface area contributed by atoms with Gasteiger partial charge in [-0.1, -0.05) is 0 Å². The molecule has 0 saturated carbocycles. The van der Waals surface area contributed by atoms with Crippen LogP contribution in [0.5, 0.6) is 0 Å². The van der Waals surface area contributed by atoms with Crippen LogP contribution in [0, 0.1) is 17.1 Å². The number of alkyl halides is 1. The molecule has 1 unspecified atom stereocenters. The number of nitrogens with two attached hydrogens (primary N) is 1. The van der Waals surface area contributed by atoms with Crippen LogP contribution in [0.2, 0.25) is 0 Å². The fourth-order valence-corrected chi connectivity index (χ4v) is 5.50. The van der Waals surface area contributed by atoms with Crippen molar-refractivity contribution in [2.45, 2.75) is 30.1 Å². The van der Waals surface area contributed by atoms with Crippen molar-refractivity contribution >= 4 is 25.7 Å². The Bertz CT molecular complexity index is 775. The van der Waals surface area contributed by atoms with Crippen molar-refractivity contribution in [1.82, 2.24) is 4.98 Å². The van der Waals surface area contributed by atoms with Crippen LogP contribution in [0.25, 0.3) is 0 Å². The summed E-state index contributed by atoms with van der Waals surface area (Å²) in [6, 6.07) is 4.50. The molecule has 0 radical (unpaired) electrons. The van der Waals surface area contributed by atoms with Crippen molar-refractivity contribution in [3.05, 3.63) is 28.2 Å². The summed E-state index contributed by atoms with van der Waals surface area (Å²) >= 11 is 3.09. The maximum Gasteiger partial charge on any atom is 0.146 e. The summed E-state index contributed by atoms with van der Waals surface area (Å²) in [7, 11) is -3.15. The zero-order valence-electron chi connectivity index (χ0n) is 12.6. The van der Waals surface area contributed by atoms with E-state index >= 15 is 0 Å². The van der Waals surface area contributed by atoms with Crippen molar-refractivity contribution in [1.29, 1.82) is 5.26 Å². The summed E-state index contributed by atoms with van der Waals surface area (Å²) in [4.78, 5) is 3.91. The molecular weight excluding hydrogens is 390 g/mol. The smallest absolute Gasteiger partial charge is 0.146 e. The van der Waals surface area contributed by atoms with E-state index in [2.05, 4.69) is 25.3 Å². The lowest BCUT2D eigenvalue weighted by Crippen LogP contribution is -2.52. The number of pyridine rings is 1. The lowest BCUT2D eigenvalue weighted by atomic mass is 10.00. The molecule has 126 valence electrons. The van der Waals surface area contributed by atoms with Gasteiger partial charge in [0.25, 0.3) is 0 Å². The molecule has 0 bridgehead atoms. The summed E-state index contributed by atoms with van der Waals surface area (Å²) < 4.78 is 44.2. The van der Waals surface area contributed by atoms with E-state index < -0.39 is 38.3 Å². The zero-order valence-corrected chi connectivity index (χ0v) is 15.0. The topological polar surface area (TPSA) is 92.1 Å². The molecule has 0 spiro atoms. The summed E-state index contributed by atoms with van der Waals surface area (Å²) in [5.41, 5.74) is 3.80. The minimum absolute atomic E-state index is 0.288. The molecule has 2 heterocycles. The third kappa shape index (κ3) is 3.25. The number of aromatic nitrogens is 1. The fourth-order valence-electron chi connectivity index (χ4n) is 2.55. The van der Waals surface area contributed by atoms with Gasteiger partial charge in [0.05, 0.1) is 21.6 Å². The van der Waals surface area contributed by atoms with E-state index in [1.54, 1.807) is 0 Å². The number of rotatable bonds is 4. The van der Waals surface area contributed by atoms with Gasteiger partial charge in [-0.3, -0.25) is 0 Å². The lowest BCUT2D eigenvalue weighted by molar-refractivity contribution is 0.319. The number of hydrogen-bond donors (Lipinski definition) is 1. The van der Waals surface area contributed by atoms with Gasteiger partial charge >= 0.3 is 0 Å². The van der Waals surface area contributed by atoms with Crippen LogP contribution in [0.1, 0.15) is 25.5 Å². The average molecular weight is 407 g/mol. The van der Waals surface area contributed by atoms with Crippen molar-refractivity contribution in [3.8, 4) is 6.07 Å². The quantitative estimate of drug-likeness (QED) is 0.777. The van der Waals surface area contributed by atoms with Gasteiger partial charge in [-0.05, 0) is 47.8 Å². The molecule has 2 rings (SSSR count). The number of nitrogens with zero attached hydrogens (tertiary/aromatic N) is 3. The molecule has 9 heteroatoms. The highest BCUT2D eigenvalue weighted by Gasteiger charge is 2.46. The van der Waals surface area contributed by atoms with Crippen molar-refractivity contribution in [2.24, 2.45) is 10.1 Å². The Morgan fingerprint density at radius 2 is 2.30 bits per heavy atom. The molecule has 23 heavy (non-hydrogen) atoms. The van der Waals surface area contributed by atoms with Crippen LogP contribution in [0.15, 0.2) is 21.1 Å². The molecule has 5 nitrogen and oxygen atoms in total. The highest BCUT2D eigenvalue weighted by molar-refractivity contribution is 9.10. The molecule has 0 aliphatic carbocycles. The summed E-state index contributed by atoms with van der Waals surface area (Å²) in [5, 5.41) is 9.40. The van der Waals surface area contributed by atoms with Crippen LogP contribution in [0.3, 0.4) is 0 Å². The fraction of sp³-hybridized carbons (Fsp3) is 0.571. The Balaban J connectivity index is 2.54. The van der Waals surface area contributed by atoms with E-state index in [-0.39, 0.29) is 10.3 Å². The number of hydrogen-bond acceptors (Lipinski definition) is 5. The Morgan fingerprint density at radius 1 is 1.61 bits per heavy atom. The highest BCUT2D eigenvalue weighted by Crippen LogP contribution is 2.34. The van der Waals surface area contributed by atoms with E-state index in [4.69, 9.17) is 5.73 Å². The van der Waals surface area contributed by atoms with Gasteiger partial charge in [0.15, 0.2) is 0 Å². The van der Waals surface area contributed by atoms with Crippen LogP contribution in [-0.2, 0) is 15.3 Å². The van der Waals surface area contributed by atoms with Crippen LogP contribution < -0.4 is 5.73 Å². The van der Waals surface area contributed by atoms with E-state index in [1.807, 2.05) is 6.07 Å². The molecular formula is C14H17BrF2N4OS. The van der Waals surface area contributed by atoms with Gasteiger partial charge in [0.2, 0.25) is 0 Å². The van der Waals surface area contributed by atoms with Gasteiger partial charge in [-0.25, -0.2) is 22.3 Å². The van der Waals surface area contributed by atoms with Crippen molar-refractivity contribution in [2.75, 3.05) is 19.0 Å². The van der Waals surface area contributed by atoms with E-state index in [1.165, 1.54) is 13.0 Å². The first-order chi connectivity index (χ1) is 10.7. The number of nitriles is 1. The van der Waals surface area contributed by atoms with Crippen molar-refractivity contribution in [3.63, 3.8) is 0 Å². The van der Waals surface area contributed by atoms with E-state index in [9.17, 15) is 18.3 Å². The molecule has 1 aromatic rings. The maximum atomic E-state index is 14.1. The molecule has 0 aromatic carbocycles. The Kier molecular flexibility index (Phi) is 5.09. The largest absolute Gasteiger partial charge is 0.317 e. The predicted molar refractivity (Wildman–Crippen MR) is 87.3 cm³/mol. The Morgan fingerprint density at radius 3 is 2.91 bits per heavy atom. The second kappa shape index (κ2) is 6.42.